The zero-order valence-electron chi connectivity index (χ0n) is 11.7. The van der Waals surface area contributed by atoms with Crippen molar-refractivity contribution in [2.24, 2.45) is 0 Å². The fourth-order valence-corrected chi connectivity index (χ4v) is 3.67. The van der Waals surface area contributed by atoms with E-state index in [4.69, 9.17) is 10.5 Å². The molecular formula is C13H18N2O5S. The minimum Gasteiger partial charge on any atom is -0.465 e. The van der Waals surface area contributed by atoms with Gasteiger partial charge in [-0.25, -0.2) is 17.9 Å². The SMILES string of the molecule is COC(=O)c1ccc(N)cc1S(=O)(=O)NC1CCOCC1. The molecule has 1 aliphatic rings. The summed E-state index contributed by atoms with van der Waals surface area (Å²) < 4.78 is 37.3. The second-order valence-corrected chi connectivity index (χ2v) is 6.44. The molecule has 0 radical (unpaired) electrons. The van der Waals surface area contributed by atoms with Crippen LogP contribution < -0.4 is 10.5 Å². The molecule has 1 heterocycles. The highest BCUT2D eigenvalue weighted by Crippen LogP contribution is 2.21. The first-order chi connectivity index (χ1) is 9.94. The lowest BCUT2D eigenvalue weighted by atomic mass is 10.1. The predicted molar refractivity (Wildman–Crippen MR) is 76.4 cm³/mol. The molecule has 1 aromatic rings. The first-order valence-electron chi connectivity index (χ1n) is 6.52. The normalized spacial score (nSPS) is 16.6. The van der Waals surface area contributed by atoms with Gasteiger partial charge in [-0.2, -0.15) is 0 Å². The lowest BCUT2D eigenvalue weighted by Gasteiger charge is -2.23. The minimum atomic E-state index is -3.85. The Balaban J connectivity index is 2.33. The van der Waals surface area contributed by atoms with Crippen LogP contribution in [0.1, 0.15) is 23.2 Å². The number of ether oxygens (including phenoxy) is 2. The average Bonchev–Trinajstić information content (AvgIpc) is 2.47. The number of nitrogen functional groups attached to an aromatic ring is 1. The van der Waals surface area contributed by atoms with Crippen molar-refractivity contribution in [1.82, 2.24) is 4.72 Å². The minimum absolute atomic E-state index is 0.0359. The van der Waals surface area contributed by atoms with Gasteiger partial charge >= 0.3 is 5.97 Å². The van der Waals surface area contributed by atoms with Crippen molar-refractivity contribution < 1.29 is 22.7 Å². The summed E-state index contributed by atoms with van der Waals surface area (Å²) in [5.74, 6) is -0.720. The zero-order valence-corrected chi connectivity index (χ0v) is 12.5. The van der Waals surface area contributed by atoms with Crippen LogP contribution in [0.15, 0.2) is 23.1 Å². The van der Waals surface area contributed by atoms with Crippen LogP contribution in [0.25, 0.3) is 0 Å². The molecule has 0 aromatic heterocycles. The van der Waals surface area contributed by atoms with E-state index in [9.17, 15) is 13.2 Å². The van der Waals surface area contributed by atoms with Gasteiger partial charge in [0.1, 0.15) is 0 Å². The van der Waals surface area contributed by atoms with Gasteiger partial charge in [0.2, 0.25) is 10.0 Å². The molecule has 1 fully saturated rings. The third-order valence-corrected chi connectivity index (χ3v) is 4.80. The van der Waals surface area contributed by atoms with Crippen molar-refractivity contribution in [1.29, 1.82) is 0 Å². The fraction of sp³-hybridized carbons (Fsp3) is 0.462. The quantitative estimate of drug-likeness (QED) is 0.619. The number of sulfonamides is 1. The van der Waals surface area contributed by atoms with E-state index in [0.717, 1.165) is 0 Å². The first-order valence-corrected chi connectivity index (χ1v) is 8.00. The number of hydrogen-bond acceptors (Lipinski definition) is 6. The second-order valence-electron chi connectivity index (χ2n) is 4.76. The van der Waals surface area contributed by atoms with Crippen molar-refractivity contribution in [3.05, 3.63) is 23.8 Å². The van der Waals surface area contributed by atoms with Crippen LogP contribution in [-0.4, -0.2) is 40.8 Å². The van der Waals surface area contributed by atoms with Gasteiger partial charge in [-0.15, -0.1) is 0 Å². The fourth-order valence-electron chi connectivity index (χ4n) is 2.14. The Hall–Kier alpha value is -1.64. The van der Waals surface area contributed by atoms with E-state index in [1.807, 2.05) is 0 Å². The summed E-state index contributed by atoms with van der Waals surface area (Å²) in [6, 6.07) is 3.85. The molecule has 8 heteroatoms. The van der Waals surface area contributed by atoms with Crippen molar-refractivity contribution in [2.75, 3.05) is 26.1 Å². The molecule has 7 nitrogen and oxygen atoms in total. The van der Waals surface area contributed by atoms with Crippen LogP contribution in [0.4, 0.5) is 5.69 Å². The van der Waals surface area contributed by atoms with Crippen LogP contribution in [0, 0.1) is 0 Å². The smallest absolute Gasteiger partial charge is 0.339 e. The molecule has 21 heavy (non-hydrogen) atoms. The van der Waals surface area contributed by atoms with Gasteiger partial charge in [0.25, 0.3) is 0 Å². The Morgan fingerprint density at radius 2 is 2.05 bits per heavy atom. The molecule has 0 unspecified atom stereocenters. The Morgan fingerprint density at radius 1 is 1.38 bits per heavy atom. The Kier molecular flexibility index (Phi) is 4.81. The molecule has 3 N–H and O–H groups in total. The predicted octanol–water partition coefficient (Wildman–Crippen LogP) is 0.513. The summed E-state index contributed by atoms with van der Waals surface area (Å²) in [4.78, 5) is 11.5. The summed E-state index contributed by atoms with van der Waals surface area (Å²) >= 11 is 0. The van der Waals surface area contributed by atoms with E-state index in [-0.39, 0.29) is 22.2 Å². The van der Waals surface area contributed by atoms with Gasteiger partial charge in [0.15, 0.2) is 0 Å². The van der Waals surface area contributed by atoms with Crippen molar-refractivity contribution in [2.45, 2.75) is 23.8 Å². The van der Waals surface area contributed by atoms with Gasteiger partial charge < -0.3 is 15.2 Å². The average molecular weight is 314 g/mol. The standard InChI is InChI=1S/C13H18N2O5S/c1-19-13(16)11-3-2-9(14)8-12(11)21(17,18)15-10-4-6-20-7-5-10/h2-3,8,10,15H,4-7,14H2,1H3. The number of nitrogens with one attached hydrogen (secondary N) is 1. The molecule has 1 saturated heterocycles. The largest absolute Gasteiger partial charge is 0.465 e. The lowest BCUT2D eigenvalue weighted by molar-refractivity contribution is 0.0596. The molecule has 0 spiro atoms. The van der Waals surface area contributed by atoms with Crippen LogP contribution >= 0.6 is 0 Å². The number of anilines is 1. The molecule has 0 saturated carbocycles. The zero-order chi connectivity index (χ0) is 15.5. The lowest BCUT2D eigenvalue weighted by Crippen LogP contribution is -2.39. The van der Waals surface area contributed by atoms with Crippen LogP contribution in [0.3, 0.4) is 0 Å². The third-order valence-electron chi connectivity index (χ3n) is 3.24. The molecule has 2 rings (SSSR count). The maximum absolute atomic E-state index is 12.5. The van der Waals surface area contributed by atoms with E-state index in [2.05, 4.69) is 9.46 Å². The number of nitrogens with two attached hydrogens (primary N) is 1. The number of methoxy groups -OCH3 is 1. The van der Waals surface area contributed by atoms with Gasteiger partial charge in [-0.3, -0.25) is 0 Å². The van der Waals surface area contributed by atoms with Gasteiger partial charge in [0, 0.05) is 24.9 Å². The van der Waals surface area contributed by atoms with E-state index in [0.29, 0.717) is 26.1 Å². The van der Waals surface area contributed by atoms with Gasteiger partial charge in [-0.1, -0.05) is 0 Å². The van der Waals surface area contributed by atoms with Crippen LogP contribution in [0.2, 0.25) is 0 Å². The summed E-state index contributed by atoms with van der Waals surface area (Å²) in [5.41, 5.74) is 5.86. The highest BCUT2D eigenvalue weighted by Gasteiger charge is 2.27. The summed E-state index contributed by atoms with van der Waals surface area (Å²) in [7, 11) is -2.66. The number of esters is 1. The number of carbonyl (C=O) groups is 1. The molecular weight excluding hydrogens is 296 g/mol. The topological polar surface area (TPSA) is 108 Å². The highest BCUT2D eigenvalue weighted by atomic mass is 32.2. The number of hydrogen-bond donors (Lipinski definition) is 2. The highest BCUT2D eigenvalue weighted by molar-refractivity contribution is 7.89. The van der Waals surface area contributed by atoms with Crippen LogP contribution in [-0.2, 0) is 19.5 Å². The molecule has 0 aliphatic carbocycles. The van der Waals surface area contributed by atoms with E-state index in [1.165, 1.54) is 25.3 Å². The van der Waals surface area contributed by atoms with E-state index in [1.54, 1.807) is 0 Å². The van der Waals surface area contributed by atoms with Gasteiger partial charge in [-0.05, 0) is 31.0 Å². The Bertz CT molecular complexity index is 623. The van der Waals surface area contributed by atoms with Crippen LogP contribution in [0.5, 0.6) is 0 Å². The summed E-state index contributed by atoms with van der Waals surface area (Å²) in [6.07, 6.45) is 1.18. The molecule has 1 aliphatic heterocycles. The summed E-state index contributed by atoms with van der Waals surface area (Å²) in [6.45, 7) is 1.02. The molecule has 0 amide bonds. The second kappa shape index (κ2) is 6.42. The molecule has 1 aromatic carbocycles. The van der Waals surface area contributed by atoms with E-state index < -0.39 is 16.0 Å². The number of rotatable bonds is 4. The monoisotopic (exact) mass is 314 g/mol. The number of carbonyl (C=O) groups excluding carboxylic acids is 1. The maximum atomic E-state index is 12.5. The van der Waals surface area contributed by atoms with Crippen molar-refractivity contribution >= 4 is 21.7 Å². The first kappa shape index (κ1) is 15.7. The molecule has 0 atom stereocenters. The molecule has 0 bridgehead atoms. The Labute approximate surface area is 123 Å². The Morgan fingerprint density at radius 3 is 2.67 bits per heavy atom. The number of benzene rings is 1. The van der Waals surface area contributed by atoms with Crippen molar-refractivity contribution in [3.63, 3.8) is 0 Å². The van der Waals surface area contributed by atoms with Gasteiger partial charge in [0.05, 0.1) is 17.6 Å². The third kappa shape index (κ3) is 3.72. The summed E-state index contributed by atoms with van der Waals surface area (Å²) in [5, 5.41) is 0. The van der Waals surface area contributed by atoms with E-state index >= 15 is 0 Å². The molecule has 116 valence electrons. The van der Waals surface area contributed by atoms with Crippen molar-refractivity contribution in [3.8, 4) is 0 Å². The maximum Gasteiger partial charge on any atom is 0.339 e.